The van der Waals surface area contributed by atoms with E-state index in [1.807, 2.05) is 0 Å². The second-order valence-electron chi connectivity index (χ2n) is 8.71. The number of allylic oxidation sites excluding steroid dienone is 2. The third kappa shape index (κ3) is 3.59. The number of hydrogen-bond donors (Lipinski definition) is 0. The summed E-state index contributed by atoms with van der Waals surface area (Å²) >= 11 is 1.42. The Labute approximate surface area is 193 Å². The zero-order valence-corrected chi connectivity index (χ0v) is 18.6. The van der Waals surface area contributed by atoms with E-state index < -0.39 is 17.7 Å². The average molecular weight is 471 g/mol. The quantitative estimate of drug-likeness (QED) is 0.537. The summed E-state index contributed by atoms with van der Waals surface area (Å²) in [6.07, 6.45) is 0.0149. The van der Waals surface area contributed by atoms with Crippen LogP contribution in [0.5, 0.6) is 0 Å². The first-order valence-electron chi connectivity index (χ1n) is 11.1. The van der Waals surface area contributed by atoms with E-state index in [0.29, 0.717) is 34.7 Å². The Morgan fingerprint density at radius 1 is 1.03 bits per heavy atom. The molecule has 2 heterocycles. The molecule has 0 radical (unpaired) electrons. The number of nitrogens with zero attached hydrogens (tertiary/aromatic N) is 2. The molecule has 0 fully saturated rings. The van der Waals surface area contributed by atoms with E-state index in [1.165, 1.54) is 34.4 Å². The molecule has 2 aromatic rings. The summed E-state index contributed by atoms with van der Waals surface area (Å²) in [5.74, 6) is -1.51. The van der Waals surface area contributed by atoms with Gasteiger partial charge < -0.3 is 0 Å². The van der Waals surface area contributed by atoms with Crippen molar-refractivity contribution in [3.05, 3.63) is 62.7 Å². The number of aryl methyl sites for hydroxylation is 1. The lowest BCUT2D eigenvalue weighted by atomic mass is 9.76. The second-order valence-corrected chi connectivity index (χ2v) is 9.79. The Morgan fingerprint density at radius 2 is 1.79 bits per heavy atom. The first-order valence-corrected chi connectivity index (χ1v) is 11.9. The van der Waals surface area contributed by atoms with Gasteiger partial charge in [0.2, 0.25) is 5.91 Å². The van der Waals surface area contributed by atoms with Gasteiger partial charge in [-0.3, -0.25) is 14.5 Å². The van der Waals surface area contributed by atoms with Crippen molar-refractivity contribution in [1.82, 2.24) is 0 Å². The van der Waals surface area contributed by atoms with Crippen LogP contribution in [-0.4, -0.2) is 11.7 Å². The number of hydrogen-bond acceptors (Lipinski definition) is 4. The van der Waals surface area contributed by atoms with Gasteiger partial charge in [0.05, 0.1) is 11.1 Å². The highest BCUT2D eigenvalue weighted by Gasteiger charge is 2.44. The summed E-state index contributed by atoms with van der Waals surface area (Å²) in [6, 6.07) is 7.46. The van der Waals surface area contributed by atoms with Crippen molar-refractivity contribution in [2.75, 3.05) is 4.90 Å². The first-order chi connectivity index (χ1) is 15.8. The molecule has 2 aliphatic carbocycles. The van der Waals surface area contributed by atoms with Crippen molar-refractivity contribution in [3.8, 4) is 6.07 Å². The molecular weight excluding hydrogens is 449 g/mol. The molecule has 170 valence electrons. The molecule has 1 atom stereocenters. The first kappa shape index (κ1) is 21.9. The fourth-order valence-corrected chi connectivity index (χ4v) is 6.76. The lowest BCUT2D eigenvalue weighted by molar-refractivity contribution is -0.138. The van der Waals surface area contributed by atoms with Crippen molar-refractivity contribution < 1.29 is 22.8 Å². The number of benzene rings is 1. The summed E-state index contributed by atoms with van der Waals surface area (Å²) in [5, 5.41) is 10.4. The molecule has 0 unspecified atom stereocenters. The standard InChI is InChI=1S/C25H21F3N2O2S/c26-25(27,28)18-8-3-1-6-14(18)16-12-22(32)30(19-9-5-10-20(31)23(16)19)24-17(13-29)15-7-2-4-11-21(15)33-24/h1,3,6,8,16H,2,4-5,7,9-12H2/t16-/m0/s1. The number of Topliss-reactive ketones (excluding diaryl/α,β-unsaturated/α-hetero) is 1. The number of fused-ring (bicyclic) bond motifs is 1. The van der Waals surface area contributed by atoms with Crippen LogP contribution in [0.1, 0.15) is 71.6 Å². The number of halogens is 3. The van der Waals surface area contributed by atoms with Crippen LogP contribution < -0.4 is 4.90 Å². The summed E-state index contributed by atoms with van der Waals surface area (Å²) in [5.41, 5.74) is 1.37. The van der Waals surface area contributed by atoms with Crippen LogP contribution in [0, 0.1) is 11.3 Å². The third-order valence-corrected chi connectivity index (χ3v) is 8.06. The molecular formula is C25H21F3N2O2S. The van der Waals surface area contributed by atoms with Crippen LogP contribution >= 0.6 is 11.3 Å². The highest BCUT2D eigenvalue weighted by Crippen LogP contribution is 2.49. The fraction of sp³-hybridized carbons (Fsp3) is 0.400. The smallest absolute Gasteiger partial charge is 0.294 e. The Bertz CT molecular complexity index is 1240. The van der Waals surface area contributed by atoms with Gasteiger partial charge in [-0.25, -0.2) is 0 Å². The molecule has 1 amide bonds. The largest absolute Gasteiger partial charge is 0.416 e. The fourth-order valence-electron chi connectivity index (χ4n) is 5.38. The number of rotatable bonds is 2. The Hall–Kier alpha value is -2.92. The number of alkyl halides is 3. The van der Waals surface area contributed by atoms with Crippen LogP contribution in [0.3, 0.4) is 0 Å². The molecule has 4 nitrogen and oxygen atoms in total. The Kier molecular flexibility index (Phi) is 5.40. The lowest BCUT2D eigenvalue weighted by Crippen LogP contribution is -2.41. The van der Waals surface area contributed by atoms with Crippen molar-refractivity contribution in [3.63, 3.8) is 0 Å². The molecule has 8 heteroatoms. The average Bonchev–Trinajstić information content (AvgIpc) is 3.16. The highest BCUT2D eigenvalue weighted by atomic mass is 32.1. The van der Waals surface area contributed by atoms with Crippen molar-refractivity contribution in [2.45, 2.75) is 63.5 Å². The van der Waals surface area contributed by atoms with Crippen LogP contribution in [-0.2, 0) is 28.6 Å². The van der Waals surface area contributed by atoms with Gasteiger partial charge in [-0.1, -0.05) is 18.2 Å². The van der Waals surface area contributed by atoms with E-state index in [1.54, 1.807) is 0 Å². The van der Waals surface area contributed by atoms with Gasteiger partial charge >= 0.3 is 6.18 Å². The molecule has 3 aliphatic rings. The van der Waals surface area contributed by atoms with Crippen LogP contribution in [0.25, 0.3) is 0 Å². The number of thiophene rings is 1. The number of ketones is 1. The molecule has 1 aromatic heterocycles. The van der Waals surface area contributed by atoms with Gasteiger partial charge in [-0.2, -0.15) is 18.4 Å². The van der Waals surface area contributed by atoms with Crippen LogP contribution in [0.2, 0.25) is 0 Å². The molecule has 1 aliphatic heterocycles. The van der Waals surface area contributed by atoms with Gasteiger partial charge in [0, 0.05) is 34.9 Å². The molecule has 0 bridgehead atoms. The molecule has 0 spiro atoms. The lowest BCUT2D eigenvalue weighted by Gasteiger charge is -2.38. The minimum absolute atomic E-state index is 0.0354. The van der Waals surface area contributed by atoms with Gasteiger partial charge in [-0.05, 0) is 55.7 Å². The second kappa shape index (κ2) is 8.14. The Balaban J connectivity index is 1.70. The molecule has 0 N–H and O–H groups in total. The number of nitriles is 1. The van der Waals surface area contributed by atoms with Crippen molar-refractivity contribution >= 4 is 28.0 Å². The summed E-state index contributed by atoms with van der Waals surface area (Å²) in [4.78, 5) is 29.1. The van der Waals surface area contributed by atoms with Crippen LogP contribution in [0.15, 0.2) is 35.5 Å². The van der Waals surface area contributed by atoms with E-state index in [9.17, 15) is 28.0 Å². The molecule has 1 aromatic carbocycles. The van der Waals surface area contributed by atoms with Gasteiger partial charge in [0.1, 0.15) is 11.1 Å². The zero-order valence-electron chi connectivity index (χ0n) is 17.8. The summed E-state index contributed by atoms with van der Waals surface area (Å²) in [7, 11) is 0. The molecule has 0 saturated carbocycles. The monoisotopic (exact) mass is 470 g/mol. The predicted molar refractivity (Wildman–Crippen MR) is 118 cm³/mol. The third-order valence-electron chi connectivity index (χ3n) is 6.78. The van der Waals surface area contributed by atoms with Gasteiger partial charge in [0.15, 0.2) is 5.78 Å². The van der Waals surface area contributed by atoms with E-state index in [2.05, 4.69) is 6.07 Å². The molecule has 33 heavy (non-hydrogen) atoms. The maximum absolute atomic E-state index is 13.8. The van der Waals surface area contributed by atoms with E-state index in [0.717, 1.165) is 42.2 Å². The maximum atomic E-state index is 13.8. The summed E-state index contributed by atoms with van der Waals surface area (Å²) in [6.45, 7) is 0. The number of anilines is 1. The van der Waals surface area contributed by atoms with Gasteiger partial charge in [0.25, 0.3) is 0 Å². The minimum Gasteiger partial charge on any atom is -0.294 e. The van der Waals surface area contributed by atoms with E-state index in [4.69, 9.17) is 0 Å². The molecule has 0 saturated heterocycles. The summed E-state index contributed by atoms with van der Waals surface area (Å²) < 4.78 is 41.3. The number of carbonyl (C=O) groups excluding carboxylic acids is 2. The minimum atomic E-state index is -4.59. The highest BCUT2D eigenvalue weighted by molar-refractivity contribution is 7.16. The van der Waals surface area contributed by atoms with Crippen molar-refractivity contribution in [1.29, 1.82) is 5.26 Å². The van der Waals surface area contributed by atoms with E-state index >= 15 is 0 Å². The van der Waals surface area contributed by atoms with Crippen molar-refractivity contribution in [2.24, 2.45) is 0 Å². The normalized spacial score (nSPS) is 21.0. The SMILES string of the molecule is N#Cc1c(N2C(=O)C[C@@H](c3ccccc3C(F)(F)F)C3=C2CCCC3=O)sc2c1CCCC2. The zero-order chi connectivity index (χ0) is 23.3. The van der Waals surface area contributed by atoms with Crippen LogP contribution in [0.4, 0.5) is 18.2 Å². The molecule has 5 rings (SSSR count). The maximum Gasteiger partial charge on any atom is 0.416 e. The predicted octanol–water partition coefficient (Wildman–Crippen LogP) is 6.04. The number of carbonyl (C=O) groups is 2. The number of amides is 1. The Morgan fingerprint density at radius 3 is 2.55 bits per heavy atom. The topological polar surface area (TPSA) is 61.2 Å². The van der Waals surface area contributed by atoms with Gasteiger partial charge in [-0.15, -0.1) is 11.3 Å². The van der Waals surface area contributed by atoms with E-state index in [-0.39, 0.29) is 30.1 Å².